The van der Waals surface area contributed by atoms with Gasteiger partial charge in [0.2, 0.25) is 0 Å². The molecule has 0 bridgehead atoms. The summed E-state index contributed by atoms with van der Waals surface area (Å²) < 4.78 is 36.8. The molecule has 0 unspecified atom stereocenters. The molecule has 2 heterocycles. The normalized spacial score (nSPS) is 17.1. The molecule has 0 N–H and O–H groups in total. The first-order chi connectivity index (χ1) is 17.6. The van der Waals surface area contributed by atoms with Gasteiger partial charge in [-0.2, -0.15) is 5.26 Å². The van der Waals surface area contributed by atoms with E-state index >= 15 is 0 Å². The van der Waals surface area contributed by atoms with E-state index in [2.05, 4.69) is 11.0 Å². The maximum absolute atomic E-state index is 14.3. The molecule has 4 rings (SSSR count). The Morgan fingerprint density at radius 2 is 1.86 bits per heavy atom. The fourth-order valence-corrected chi connectivity index (χ4v) is 4.53. The van der Waals surface area contributed by atoms with E-state index in [1.165, 1.54) is 13.2 Å². The Balaban J connectivity index is 1.34. The van der Waals surface area contributed by atoms with E-state index in [0.717, 1.165) is 11.3 Å². The van der Waals surface area contributed by atoms with Gasteiger partial charge in [-0.1, -0.05) is 6.07 Å². The second-order valence-corrected chi connectivity index (χ2v) is 10.7. The highest BCUT2D eigenvalue weighted by Gasteiger charge is 2.49. The van der Waals surface area contributed by atoms with Gasteiger partial charge in [-0.25, -0.2) is 9.18 Å². The quantitative estimate of drug-likeness (QED) is 0.532. The maximum Gasteiger partial charge on any atom is 0.410 e. The molecule has 8 nitrogen and oxygen atoms in total. The minimum atomic E-state index is -0.525. The van der Waals surface area contributed by atoms with Gasteiger partial charge >= 0.3 is 6.09 Å². The number of anilines is 1. The zero-order valence-corrected chi connectivity index (χ0v) is 21.8. The van der Waals surface area contributed by atoms with E-state index in [-0.39, 0.29) is 23.5 Å². The summed E-state index contributed by atoms with van der Waals surface area (Å²) in [5.41, 5.74) is 1.56. The van der Waals surface area contributed by atoms with Crippen molar-refractivity contribution in [1.29, 1.82) is 5.26 Å². The number of ether oxygens (including phenoxy) is 4. The average Bonchev–Trinajstić information content (AvgIpc) is 2.84. The highest BCUT2D eigenvalue weighted by atomic mass is 19.1. The lowest BCUT2D eigenvalue weighted by Crippen LogP contribution is -2.65. The third kappa shape index (κ3) is 6.70. The van der Waals surface area contributed by atoms with Gasteiger partial charge in [0.25, 0.3) is 0 Å². The number of methoxy groups -OCH3 is 1. The number of nitrogens with zero attached hydrogens (tertiary/aromatic N) is 3. The van der Waals surface area contributed by atoms with E-state index in [9.17, 15) is 9.18 Å². The van der Waals surface area contributed by atoms with Crippen molar-refractivity contribution >= 4 is 11.8 Å². The highest BCUT2D eigenvalue weighted by Crippen LogP contribution is 2.36. The number of halogens is 1. The number of hydrogen-bond acceptors (Lipinski definition) is 7. The Morgan fingerprint density at radius 3 is 2.43 bits per heavy atom. The number of hydrogen-bond donors (Lipinski definition) is 0. The van der Waals surface area contributed by atoms with E-state index in [0.29, 0.717) is 51.4 Å². The van der Waals surface area contributed by atoms with E-state index in [4.69, 9.17) is 24.2 Å². The number of nitriles is 1. The van der Waals surface area contributed by atoms with Crippen LogP contribution in [0.4, 0.5) is 14.9 Å². The fraction of sp³-hybridized carbons (Fsp3) is 0.500. The van der Waals surface area contributed by atoms with Crippen LogP contribution in [0, 0.1) is 22.6 Å². The van der Waals surface area contributed by atoms with Crippen LogP contribution in [-0.4, -0.2) is 62.8 Å². The second-order valence-electron chi connectivity index (χ2n) is 10.7. The predicted octanol–water partition coefficient (Wildman–Crippen LogP) is 4.71. The molecule has 2 aliphatic heterocycles. The van der Waals surface area contributed by atoms with E-state index in [1.54, 1.807) is 23.1 Å². The van der Waals surface area contributed by atoms with Gasteiger partial charge in [-0.3, -0.25) is 0 Å². The lowest BCUT2D eigenvalue weighted by atomic mass is 9.81. The zero-order valence-electron chi connectivity index (χ0n) is 21.8. The molecule has 2 fully saturated rings. The van der Waals surface area contributed by atoms with Crippen LogP contribution in [0.1, 0.15) is 38.3 Å². The molecule has 0 aromatic heterocycles. The minimum absolute atomic E-state index is 0.194. The molecule has 2 aromatic rings. The summed E-state index contributed by atoms with van der Waals surface area (Å²) in [6, 6.07) is 14.4. The van der Waals surface area contributed by atoms with Crippen molar-refractivity contribution in [1.82, 2.24) is 4.90 Å². The zero-order chi connectivity index (χ0) is 26.6. The molecule has 0 atom stereocenters. The van der Waals surface area contributed by atoms with Crippen molar-refractivity contribution in [3.05, 3.63) is 59.4 Å². The van der Waals surface area contributed by atoms with Gasteiger partial charge in [0.15, 0.2) is 17.9 Å². The molecule has 1 amide bonds. The van der Waals surface area contributed by atoms with Crippen molar-refractivity contribution < 1.29 is 28.1 Å². The molecule has 0 saturated carbocycles. The van der Waals surface area contributed by atoms with E-state index < -0.39 is 11.4 Å². The fourth-order valence-electron chi connectivity index (χ4n) is 4.53. The Hall–Kier alpha value is -3.35. The standard InChI is InChI=1S/C28H34FN3O5/c1-27(2,3)37-26(33)32-16-28(17-32)18-35-25(36-19-28)11-12-31(22-8-5-20(14-30)6-9-22)15-21-7-10-24(34-4)23(29)13-21/h5-10,13,25H,11-12,15-19H2,1-4H3. The van der Waals surface area contributed by atoms with Crippen LogP contribution in [0.3, 0.4) is 0 Å². The molecular formula is C28H34FN3O5. The minimum Gasteiger partial charge on any atom is -0.494 e. The number of carbonyl (C=O) groups is 1. The van der Waals surface area contributed by atoms with Gasteiger partial charge in [0, 0.05) is 38.3 Å². The van der Waals surface area contributed by atoms with Crippen molar-refractivity contribution in [2.75, 3.05) is 44.9 Å². The van der Waals surface area contributed by atoms with Crippen molar-refractivity contribution in [2.45, 2.75) is 45.6 Å². The number of carbonyl (C=O) groups excluding carboxylic acids is 1. The van der Waals surface area contributed by atoms with Gasteiger partial charge in [-0.15, -0.1) is 0 Å². The Morgan fingerprint density at radius 1 is 1.19 bits per heavy atom. The molecular weight excluding hydrogens is 477 g/mol. The molecule has 2 saturated heterocycles. The largest absolute Gasteiger partial charge is 0.494 e. The molecule has 1 spiro atoms. The molecule has 2 aliphatic rings. The van der Waals surface area contributed by atoms with Gasteiger partial charge in [-0.05, 0) is 62.7 Å². The van der Waals surface area contributed by atoms with Crippen LogP contribution >= 0.6 is 0 Å². The molecule has 0 aliphatic carbocycles. The summed E-state index contributed by atoms with van der Waals surface area (Å²) in [5.74, 6) is -0.210. The maximum atomic E-state index is 14.3. The van der Waals surface area contributed by atoms with Crippen LogP contribution in [-0.2, 0) is 20.8 Å². The molecule has 198 valence electrons. The number of amides is 1. The second kappa shape index (κ2) is 11.0. The first-order valence-electron chi connectivity index (χ1n) is 12.4. The summed E-state index contributed by atoms with van der Waals surface area (Å²) in [6.07, 6.45) is -0.0900. The average molecular weight is 512 g/mol. The van der Waals surface area contributed by atoms with Crippen molar-refractivity contribution in [2.24, 2.45) is 5.41 Å². The third-order valence-electron chi connectivity index (χ3n) is 6.44. The molecule has 9 heteroatoms. The molecule has 0 radical (unpaired) electrons. The first kappa shape index (κ1) is 26.7. The summed E-state index contributed by atoms with van der Waals surface area (Å²) in [6.45, 7) is 8.74. The SMILES string of the molecule is COc1ccc(CN(CCC2OCC3(CO2)CN(C(=O)OC(C)(C)C)C3)c2ccc(C#N)cc2)cc1F. The van der Waals surface area contributed by atoms with Crippen molar-refractivity contribution in [3.8, 4) is 11.8 Å². The smallest absolute Gasteiger partial charge is 0.410 e. The van der Waals surface area contributed by atoms with Crippen LogP contribution < -0.4 is 9.64 Å². The lowest BCUT2D eigenvalue weighted by molar-refractivity contribution is -0.254. The molecule has 37 heavy (non-hydrogen) atoms. The Bertz CT molecular complexity index is 1130. The topological polar surface area (TPSA) is 84.3 Å². The summed E-state index contributed by atoms with van der Waals surface area (Å²) in [4.78, 5) is 16.0. The number of benzene rings is 2. The Kier molecular flexibility index (Phi) is 7.90. The highest BCUT2D eigenvalue weighted by molar-refractivity contribution is 5.69. The molecule has 2 aromatic carbocycles. The van der Waals surface area contributed by atoms with E-state index in [1.807, 2.05) is 39.0 Å². The third-order valence-corrected chi connectivity index (χ3v) is 6.44. The van der Waals surface area contributed by atoms with Crippen LogP contribution in [0.5, 0.6) is 5.75 Å². The van der Waals surface area contributed by atoms with Crippen molar-refractivity contribution in [3.63, 3.8) is 0 Å². The summed E-state index contributed by atoms with van der Waals surface area (Å²) in [7, 11) is 1.44. The summed E-state index contributed by atoms with van der Waals surface area (Å²) in [5, 5.41) is 9.14. The monoisotopic (exact) mass is 511 g/mol. The number of rotatable bonds is 7. The Labute approximate surface area is 217 Å². The number of likely N-dealkylation sites (tertiary alicyclic amines) is 1. The van der Waals surface area contributed by atoms with Gasteiger partial charge < -0.3 is 28.7 Å². The first-order valence-corrected chi connectivity index (χ1v) is 12.4. The predicted molar refractivity (Wildman–Crippen MR) is 136 cm³/mol. The lowest BCUT2D eigenvalue weighted by Gasteiger charge is -2.52. The van der Waals surface area contributed by atoms with Crippen LogP contribution in [0.25, 0.3) is 0 Å². The van der Waals surface area contributed by atoms with Crippen LogP contribution in [0.2, 0.25) is 0 Å². The summed E-state index contributed by atoms with van der Waals surface area (Å²) >= 11 is 0. The van der Waals surface area contributed by atoms with Crippen LogP contribution in [0.15, 0.2) is 42.5 Å². The van der Waals surface area contributed by atoms with Gasteiger partial charge in [0.05, 0.1) is 37.4 Å². The van der Waals surface area contributed by atoms with Gasteiger partial charge in [0.1, 0.15) is 5.60 Å².